The number of thioether (sulfide) groups is 2. The van der Waals surface area contributed by atoms with Gasteiger partial charge < -0.3 is 21.7 Å². The van der Waals surface area contributed by atoms with Crippen molar-refractivity contribution in [3.63, 3.8) is 0 Å². The number of nitrogens with one attached hydrogen (secondary N) is 3. The highest BCUT2D eigenvalue weighted by Gasteiger charge is 2.25. The molecule has 0 spiro atoms. The minimum Gasteiger partial charge on any atom is -0.368 e. The SMILES string of the molecule is CC(=O)NC(CSC(=O)C(CSC(=O)Cc1ccccc1Nc1c(Cl)cccc1Cl)NC(C)=O)C(N)=O. The van der Waals surface area contributed by atoms with Gasteiger partial charge in [-0.15, -0.1) is 0 Å². The van der Waals surface area contributed by atoms with E-state index in [1.54, 1.807) is 42.5 Å². The first-order valence-corrected chi connectivity index (χ1v) is 13.6. The molecule has 2 aromatic carbocycles. The van der Waals surface area contributed by atoms with Crippen molar-refractivity contribution in [3.8, 4) is 0 Å². The third-order valence-electron chi connectivity index (χ3n) is 4.76. The van der Waals surface area contributed by atoms with Gasteiger partial charge in [-0.2, -0.15) is 0 Å². The van der Waals surface area contributed by atoms with Gasteiger partial charge in [0.1, 0.15) is 12.1 Å². The Morgan fingerprint density at radius 2 is 1.41 bits per heavy atom. The van der Waals surface area contributed by atoms with Crippen molar-refractivity contribution in [3.05, 3.63) is 58.1 Å². The molecule has 2 unspecified atom stereocenters. The average Bonchev–Trinajstić information content (AvgIpc) is 2.82. The number of hydrogen-bond acceptors (Lipinski definition) is 8. The van der Waals surface area contributed by atoms with Crippen molar-refractivity contribution in [2.45, 2.75) is 32.4 Å². The molecule has 13 heteroatoms. The number of hydrogen-bond donors (Lipinski definition) is 4. The van der Waals surface area contributed by atoms with Crippen LogP contribution in [0.1, 0.15) is 19.4 Å². The van der Waals surface area contributed by atoms with Gasteiger partial charge in [0.25, 0.3) is 0 Å². The molecule has 5 N–H and O–H groups in total. The molecule has 0 aliphatic heterocycles. The zero-order valence-electron chi connectivity index (χ0n) is 20.0. The van der Waals surface area contributed by atoms with Gasteiger partial charge in [-0.1, -0.05) is 71.0 Å². The predicted octanol–water partition coefficient (Wildman–Crippen LogP) is 3.29. The van der Waals surface area contributed by atoms with E-state index < -0.39 is 34.9 Å². The van der Waals surface area contributed by atoms with E-state index in [0.29, 0.717) is 27.0 Å². The van der Waals surface area contributed by atoms with Crippen molar-refractivity contribution >= 4 is 86.1 Å². The Labute approximate surface area is 233 Å². The fraction of sp³-hybridized carbons (Fsp3) is 0.292. The highest BCUT2D eigenvalue weighted by molar-refractivity contribution is 8.15. The standard InChI is InChI=1S/C24H26Cl2N4O5S2/c1-13(31)28-19(23(27)34)11-37-24(35)20(29-14(2)32)12-36-21(33)10-15-6-3-4-9-18(15)30-22-16(25)7-5-8-17(22)26/h3-9,19-20,30H,10-12H2,1-2H3,(H2,27,34)(H,28,31)(H,29,32). The molecule has 9 nitrogen and oxygen atoms in total. The third-order valence-corrected chi connectivity index (χ3v) is 7.43. The summed E-state index contributed by atoms with van der Waals surface area (Å²) in [5.41, 5.74) is 7.11. The molecular weight excluding hydrogens is 559 g/mol. The summed E-state index contributed by atoms with van der Waals surface area (Å²) in [4.78, 5) is 59.9. The van der Waals surface area contributed by atoms with Crippen LogP contribution in [0.2, 0.25) is 10.0 Å². The van der Waals surface area contributed by atoms with E-state index in [0.717, 1.165) is 23.5 Å². The summed E-state index contributed by atoms with van der Waals surface area (Å²) in [6.45, 7) is 2.48. The highest BCUT2D eigenvalue weighted by atomic mass is 35.5. The number of anilines is 2. The number of carbonyl (C=O) groups is 5. The molecule has 2 atom stereocenters. The summed E-state index contributed by atoms with van der Waals surface area (Å²) in [5.74, 6) is -1.83. The van der Waals surface area contributed by atoms with Crippen LogP contribution in [0, 0.1) is 0 Å². The Kier molecular flexibility index (Phi) is 12.3. The van der Waals surface area contributed by atoms with Gasteiger partial charge in [0.2, 0.25) is 22.8 Å². The second-order valence-corrected chi connectivity index (χ2v) is 10.7. The van der Waals surface area contributed by atoms with Gasteiger partial charge in [-0.3, -0.25) is 24.0 Å². The lowest BCUT2D eigenvalue weighted by Gasteiger charge is -2.18. The third kappa shape index (κ3) is 10.3. The molecule has 0 radical (unpaired) electrons. The summed E-state index contributed by atoms with van der Waals surface area (Å²) in [5, 5.41) is 8.20. The number of amides is 3. The Hall–Kier alpha value is -2.73. The van der Waals surface area contributed by atoms with Gasteiger partial charge in [0.05, 0.1) is 15.7 Å². The van der Waals surface area contributed by atoms with Crippen LogP contribution < -0.4 is 21.7 Å². The first-order valence-electron chi connectivity index (χ1n) is 10.9. The molecule has 3 amide bonds. The van der Waals surface area contributed by atoms with Crippen LogP contribution in [-0.2, 0) is 30.4 Å². The first-order chi connectivity index (χ1) is 17.5. The number of primary amides is 1. The molecular formula is C24H26Cl2N4O5S2. The van der Waals surface area contributed by atoms with E-state index in [2.05, 4.69) is 16.0 Å². The largest absolute Gasteiger partial charge is 0.368 e. The summed E-state index contributed by atoms with van der Waals surface area (Å²) in [7, 11) is 0. The Morgan fingerprint density at radius 3 is 2.00 bits per heavy atom. The highest BCUT2D eigenvalue weighted by Crippen LogP contribution is 2.34. The summed E-state index contributed by atoms with van der Waals surface area (Å²) < 4.78 is 0. The molecule has 0 aliphatic rings. The summed E-state index contributed by atoms with van der Waals surface area (Å²) >= 11 is 14.1. The van der Waals surface area contributed by atoms with Gasteiger partial charge in [0.15, 0.2) is 5.12 Å². The summed E-state index contributed by atoms with van der Waals surface area (Å²) in [6.07, 6.45) is 0.0380. The van der Waals surface area contributed by atoms with E-state index in [-0.39, 0.29) is 23.0 Å². The molecule has 0 saturated carbocycles. The quantitative estimate of drug-likeness (QED) is 0.297. The molecule has 0 aliphatic carbocycles. The Morgan fingerprint density at radius 1 is 0.838 bits per heavy atom. The fourth-order valence-electron chi connectivity index (χ4n) is 3.05. The predicted molar refractivity (Wildman–Crippen MR) is 149 cm³/mol. The average molecular weight is 586 g/mol. The van der Waals surface area contributed by atoms with Gasteiger partial charge in [-0.05, 0) is 23.8 Å². The zero-order valence-corrected chi connectivity index (χ0v) is 23.2. The van der Waals surface area contributed by atoms with Crippen LogP contribution in [0.5, 0.6) is 0 Å². The van der Waals surface area contributed by atoms with Crippen molar-refractivity contribution in [2.24, 2.45) is 5.73 Å². The van der Waals surface area contributed by atoms with E-state index in [9.17, 15) is 24.0 Å². The number of rotatable bonds is 12. The maximum atomic E-state index is 12.8. The van der Waals surface area contributed by atoms with E-state index in [4.69, 9.17) is 28.9 Å². The zero-order chi connectivity index (χ0) is 27.5. The molecule has 0 bridgehead atoms. The van der Waals surface area contributed by atoms with Crippen molar-refractivity contribution in [2.75, 3.05) is 16.8 Å². The molecule has 0 fully saturated rings. The molecule has 37 heavy (non-hydrogen) atoms. The molecule has 2 rings (SSSR count). The number of benzene rings is 2. The maximum absolute atomic E-state index is 12.8. The van der Waals surface area contributed by atoms with Gasteiger partial charge in [-0.25, -0.2) is 0 Å². The van der Waals surface area contributed by atoms with Crippen LogP contribution in [0.15, 0.2) is 42.5 Å². The monoisotopic (exact) mass is 584 g/mol. The second-order valence-electron chi connectivity index (χ2n) is 7.78. The normalized spacial score (nSPS) is 12.2. The van der Waals surface area contributed by atoms with Crippen molar-refractivity contribution in [1.82, 2.24) is 10.6 Å². The van der Waals surface area contributed by atoms with Crippen LogP contribution in [0.3, 0.4) is 0 Å². The lowest BCUT2D eigenvalue weighted by Crippen LogP contribution is -2.46. The molecule has 198 valence electrons. The molecule has 2 aromatic rings. The van der Waals surface area contributed by atoms with Crippen molar-refractivity contribution in [1.29, 1.82) is 0 Å². The minimum absolute atomic E-state index is 0.0163. The van der Waals surface area contributed by atoms with Crippen LogP contribution in [0.25, 0.3) is 0 Å². The first kappa shape index (κ1) is 30.5. The van der Waals surface area contributed by atoms with Gasteiger partial charge >= 0.3 is 0 Å². The fourth-order valence-corrected chi connectivity index (χ4v) is 5.42. The molecule has 0 heterocycles. The Bertz CT molecular complexity index is 1160. The lowest BCUT2D eigenvalue weighted by molar-refractivity contribution is -0.125. The number of para-hydroxylation sites is 2. The number of carbonyl (C=O) groups excluding carboxylic acids is 5. The number of nitrogens with two attached hydrogens (primary N) is 1. The smallest absolute Gasteiger partial charge is 0.240 e. The van der Waals surface area contributed by atoms with Gasteiger partial charge in [0, 0.05) is 37.5 Å². The molecule has 0 aromatic heterocycles. The number of halogens is 2. The topological polar surface area (TPSA) is 147 Å². The van der Waals surface area contributed by atoms with Crippen LogP contribution in [-0.4, -0.2) is 51.5 Å². The second kappa shape index (κ2) is 14.9. The van der Waals surface area contributed by atoms with Crippen molar-refractivity contribution < 1.29 is 24.0 Å². The lowest BCUT2D eigenvalue weighted by atomic mass is 10.1. The van der Waals surface area contributed by atoms with E-state index >= 15 is 0 Å². The van der Waals surface area contributed by atoms with E-state index in [1.807, 2.05) is 0 Å². The minimum atomic E-state index is -1.05. The Balaban J connectivity index is 2.03. The molecule has 0 saturated heterocycles. The van der Waals surface area contributed by atoms with Crippen LogP contribution in [0.4, 0.5) is 11.4 Å². The maximum Gasteiger partial charge on any atom is 0.240 e. The summed E-state index contributed by atoms with van der Waals surface area (Å²) in [6, 6.07) is 10.2. The van der Waals surface area contributed by atoms with Crippen LogP contribution >= 0.6 is 46.7 Å². The van der Waals surface area contributed by atoms with E-state index in [1.165, 1.54) is 13.8 Å².